The van der Waals surface area contributed by atoms with Crippen LogP contribution in [0.15, 0.2) is 24.3 Å². The van der Waals surface area contributed by atoms with Crippen molar-refractivity contribution >= 4 is 5.78 Å². The fourth-order valence-corrected chi connectivity index (χ4v) is 2.54. The summed E-state index contributed by atoms with van der Waals surface area (Å²) in [6.45, 7) is 5.50. The lowest BCUT2D eigenvalue weighted by Gasteiger charge is -2.16. The minimum Gasteiger partial charge on any atom is -0.295 e. The molecule has 2 aliphatic carbocycles. The highest BCUT2D eigenvalue weighted by molar-refractivity contribution is 5.94. The maximum Gasteiger partial charge on any atom is 0.158 e. The number of allylic oxidation sites excluding steroid dienone is 3. The second kappa shape index (κ2) is 3.13. The van der Waals surface area contributed by atoms with Crippen molar-refractivity contribution in [2.45, 2.75) is 26.2 Å². The highest BCUT2D eigenvalue weighted by atomic mass is 16.1. The Kier molecular flexibility index (Phi) is 2.10. The fraction of sp³-hybridized carbons (Fsp3) is 0.583. The largest absolute Gasteiger partial charge is 0.295 e. The minimum atomic E-state index is 0.256. The quantitative estimate of drug-likeness (QED) is 0.477. The van der Waals surface area contributed by atoms with Gasteiger partial charge in [0.2, 0.25) is 0 Å². The molecule has 3 atom stereocenters. The standard InChI is InChI=1S/C12H16O/c1-8(2)12(13)7-11-6-9-3-4-10(11)5-9/h3-4,9-11H,1,5-7H2,2H3. The Morgan fingerprint density at radius 1 is 1.46 bits per heavy atom. The van der Waals surface area contributed by atoms with Gasteiger partial charge in [0.15, 0.2) is 5.78 Å². The van der Waals surface area contributed by atoms with Crippen LogP contribution in [-0.2, 0) is 4.79 Å². The van der Waals surface area contributed by atoms with Crippen molar-refractivity contribution in [3.63, 3.8) is 0 Å². The highest BCUT2D eigenvalue weighted by Crippen LogP contribution is 2.45. The van der Waals surface area contributed by atoms with Crippen molar-refractivity contribution < 1.29 is 4.79 Å². The van der Waals surface area contributed by atoms with E-state index in [-0.39, 0.29) is 5.78 Å². The summed E-state index contributed by atoms with van der Waals surface area (Å²) >= 11 is 0. The van der Waals surface area contributed by atoms with Gasteiger partial charge in [-0.05, 0) is 43.1 Å². The van der Waals surface area contributed by atoms with E-state index in [2.05, 4.69) is 18.7 Å². The number of hydrogen-bond acceptors (Lipinski definition) is 1. The molecule has 1 fully saturated rings. The summed E-state index contributed by atoms with van der Waals surface area (Å²) in [7, 11) is 0. The van der Waals surface area contributed by atoms with Crippen LogP contribution in [0.2, 0.25) is 0 Å². The van der Waals surface area contributed by atoms with Crippen molar-refractivity contribution in [2.24, 2.45) is 17.8 Å². The average Bonchev–Trinajstić information content (AvgIpc) is 2.64. The van der Waals surface area contributed by atoms with Gasteiger partial charge in [0.05, 0.1) is 0 Å². The lowest BCUT2D eigenvalue weighted by Crippen LogP contribution is -2.13. The number of fused-ring (bicyclic) bond motifs is 2. The van der Waals surface area contributed by atoms with Crippen LogP contribution < -0.4 is 0 Å². The van der Waals surface area contributed by atoms with Crippen LogP contribution in [0.3, 0.4) is 0 Å². The molecule has 0 aliphatic heterocycles. The summed E-state index contributed by atoms with van der Waals surface area (Å²) in [5.41, 5.74) is 0.715. The maximum absolute atomic E-state index is 11.5. The van der Waals surface area contributed by atoms with Crippen molar-refractivity contribution in [3.8, 4) is 0 Å². The Labute approximate surface area is 79.5 Å². The molecule has 0 saturated heterocycles. The number of carbonyl (C=O) groups is 1. The summed E-state index contributed by atoms with van der Waals surface area (Å²) in [6, 6.07) is 0. The first-order valence-corrected chi connectivity index (χ1v) is 5.04. The molecule has 0 amide bonds. The average molecular weight is 176 g/mol. The number of Topliss-reactive ketones (excluding diaryl/α,β-unsaturated/α-hetero) is 1. The molecular weight excluding hydrogens is 160 g/mol. The molecule has 3 unspecified atom stereocenters. The molecule has 1 nitrogen and oxygen atoms in total. The van der Waals surface area contributed by atoms with E-state index in [4.69, 9.17) is 0 Å². The Morgan fingerprint density at radius 2 is 2.23 bits per heavy atom. The molecule has 0 radical (unpaired) electrons. The van der Waals surface area contributed by atoms with E-state index >= 15 is 0 Å². The molecule has 13 heavy (non-hydrogen) atoms. The Morgan fingerprint density at radius 3 is 2.69 bits per heavy atom. The molecule has 0 N–H and O–H groups in total. The summed E-state index contributed by atoms with van der Waals surface area (Å²) in [4.78, 5) is 11.5. The van der Waals surface area contributed by atoms with Crippen LogP contribution in [0, 0.1) is 17.8 Å². The van der Waals surface area contributed by atoms with Crippen LogP contribution >= 0.6 is 0 Å². The molecule has 1 saturated carbocycles. The van der Waals surface area contributed by atoms with E-state index in [1.165, 1.54) is 12.8 Å². The van der Waals surface area contributed by atoms with Crippen LogP contribution in [0.4, 0.5) is 0 Å². The van der Waals surface area contributed by atoms with Crippen molar-refractivity contribution in [2.75, 3.05) is 0 Å². The van der Waals surface area contributed by atoms with Gasteiger partial charge in [-0.3, -0.25) is 4.79 Å². The number of hydrogen-bond donors (Lipinski definition) is 0. The van der Waals surface area contributed by atoms with E-state index < -0.39 is 0 Å². The van der Waals surface area contributed by atoms with Crippen LogP contribution in [0.1, 0.15) is 26.2 Å². The second-order valence-electron chi connectivity index (χ2n) is 4.45. The topological polar surface area (TPSA) is 17.1 Å². The predicted octanol–water partition coefficient (Wildman–Crippen LogP) is 2.73. The SMILES string of the molecule is C=C(C)C(=O)CC1CC2C=CC1C2. The van der Waals surface area contributed by atoms with E-state index in [0.29, 0.717) is 17.4 Å². The zero-order chi connectivity index (χ0) is 9.42. The van der Waals surface area contributed by atoms with Crippen LogP contribution in [0.25, 0.3) is 0 Å². The summed E-state index contributed by atoms with van der Waals surface area (Å²) in [5, 5.41) is 0. The molecule has 0 aromatic carbocycles. The zero-order valence-corrected chi connectivity index (χ0v) is 8.12. The van der Waals surface area contributed by atoms with Gasteiger partial charge >= 0.3 is 0 Å². The molecule has 2 rings (SSSR count). The normalized spacial score (nSPS) is 35.3. The monoisotopic (exact) mass is 176 g/mol. The minimum absolute atomic E-state index is 0.256. The van der Waals surface area contributed by atoms with E-state index in [1.807, 2.05) is 6.92 Å². The summed E-state index contributed by atoms with van der Waals surface area (Å²) in [5.74, 6) is 2.33. The first-order valence-electron chi connectivity index (χ1n) is 5.04. The number of rotatable bonds is 3. The Bertz CT molecular complexity index is 275. The molecule has 0 aromatic rings. The first-order chi connectivity index (χ1) is 6.16. The molecular formula is C12H16O. The van der Waals surface area contributed by atoms with Crippen molar-refractivity contribution in [3.05, 3.63) is 24.3 Å². The smallest absolute Gasteiger partial charge is 0.158 e. The second-order valence-corrected chi connectivity index (χ2v) is 4.45. The molecule has 2 aliphatic rings. The van der Waals surface area contributed by atoms with E-state index in [9.17, 15) is 4.79 Å². The Hall–Kier alpha value is -0.850. The third-order valence-corrected chi connectivity index (χ3v) is 3.34. The molecule has 0 spiro atoms. The van der Waals surface area contributed by atoms with Crippen LogP contribution in [0.5, 0.6) is 0 Å². The highest BCUT2D eigenvalue weighted by Gasteiger charge is 2.36. The summed E-state index contributed by atoms with van der Waals surface area (Å²) in [6.07, 6.45) is 7.84. The third kappa shape index (κ3) is 1.60. The number of ketones is 1. The van der Waals surface area contributed by atoms with Crippen molar-refractivity contribution in [1.82, 2.24) is 0 Å². The first kappa shape index (κ1) is 8.74. The lowest BCUT2D eigenvalue weighted by atomic mass is 9.88. The third-order valence-electron chi connectivity index (χ3n) is 3.34. The van der Waals surface area contributed by atoms with Gasteiger partial charge in [-0.2, -0.15) is 0 Å². The van der Waals surface area contributed by atoms with Gasteiger partial charge in [-0.25, -0.2) is 0 Å². The lowest BCUT2D eigenvalue weighted by molar-refractivity contribution is -0.116. The van der Waals surface area contributed by atoms with E-state index in [0.717, 1.165) is 12.3 Å². The van der Waals surface area contributed by atoms with E-state index in [1.54, 1.807) is 0 Å². The van der Waals surface area contributed by atoms with Gasteiger partial charge in [0.1, 0.15) is 0 Å². The fourth-order valence-electron chi connectivity index (χ4n) is 2.54. The molecule has 1 heteroatoms. The van der Waals surface area contributed by atoms with Gasteiger partial charge in [0.25, 0.3) is 0 Å². The molecule has 2 bridgehead atoms. The molecule has 70 valence electrons. The van der Waals surface area contributed by atoms with Gasteiger partial charge in [-0.1, -0.05) is 18.7 Å². The molecule has 0 aromatic heterocycles. The maximum atomic E-state index is 11.5. The zero-order valence-electron chi connectivity index (χ0n) is 8.12. The van der Waals surface area contributed by atoms with Crippen molar-refractivity contribution in [1.29, 1.82) is 0 Å². The number of carbonyl (C=O) groups excluding carboxylic acids is 1. The van der Waals surface area contributed by atoms with Gasteiger partial charge in [-0.15, -0.1) is 0 Å². The Balaban J connectivity index is 1.94. The van der Waals surface area contributed by atoms with Gasteiger partial charge < -0.3 is 0 Å². The molecule has 0 heterocycles. The van der Waals surface area contributed by atoms with Crippen LogP contribution in [-0.4, -0.2) is 5.78 Å². The summed E-state index contributed by atoms with van der Waals surface area (Å²) < 4.78 is 0. The van der Waals surface area contributed by atoms with Gasteiger partial charge in [0, 0.05) is 6.42 Å². The predicted molar refractivity (Wildman–Crippen MR) is 53.3 cm³/mol.